The van der Waals surface area contributed by atoms with E-state index in [4.69, 9.17) is 15.7 Å². The molecule has 0 spiro atoms. The number of ether oxygens (including phenoxy) is 1. The van der Waals surface area contributed by atoms with Crippen LogP contribution in [-0.2, 0) is 6.42 Å². The SMILES string of the molecule is CC(N)Cc1ccc(OCC2(CC#N)CC2)cc1. The second-order valence-electron chi connectivity index (χ2n) is 5.45. The van der Waals surface area contributed by atoms with Gasteiger partial charge in [-0.05, 0) is 43.9 Å². The van der Waals surface area contributed by atoms with Crippen LogP contribution in [0.2, 0.25) is 0 Å². The molecule has 2 N–H and O–H groups in total. The third kappa shape index (κ3) is 3.48. The van der Waals surface area contributed by atoms with Crippen LogP contribution in [0.15, 0.2) is 24.3 Å². The van der Waals surface area contributed by atoms with E-state index in [-0.39, 0.29) is 11.5 Å². The minimum absolute atomic E-state index is 0.138. The van der Waals surface area contributed by atoms with Crippen molar-refractivity contribution in [2.24, 2.45) is 11.1 Å². The van der Waals surface area contributed by atoms with Gasteiger partial charge >= 0.3 is 0 Å². The lowest BCUT2D eigenvalue weighted by Crippen LogP contribution is -2.17. The molecule has 1 fully saturated rings. The first-order chi connectivity index (χ1) is 8.63. The summed E-state index contributed by atoms with van der Waals surface area (Å²) in [5, 5.41) is 8.74. The number of hydrogen-bond acceptors (Lipinski definition) is 3. The van der Waals surface area contributed by atoms with Crippen molar-refractivity contribution >= 4 is 0 Å². The fourth-order valence-electron chi connectivity index (χ4n) is 2.05. The van der Waals surface area contributed by atoms with Gasteiger partial charge in [-0.1, -0.05) is 12.1 Å². The van der Waals surface area contributed by atoms with E-state index in [0.29, 0.717) is 13.0 Å². The highest BCUT2D eigenvalue weighted by Crippen LogP contribution is 2.48. The van der Waals surface area contributed by atoms with Crippen LogP contribution in [-0.4, -0.2) is 12.6 Å². The highest BCUT2D eigenvalue weighted by Gasteiger charge is 2.43. The molecule has 0 bridgehead atoms. The van der Waals surface area contributed by atoms with Gasteiger partial charge in [0.05, 0.1) is 12.7 Å². The summed E-state index contributed by atoms with van der Waals surface area (Å²) in [6.07, 6.45) is 3.72. The van der Waals surface area contributed by atoms with E-state index in [0.717, 1.165) is 25.0 Å². The fourth-order valence-corrected chi connectivity index (χ4v) is 2.05. The van der Waals surface area contributed by atoms with Crippen LogP contribution >= 0.6 is 0 Å². The van der Waals surface area contributed by atoms with Gasteiger partial charge in [-0.3, -0.25) is 0 Å². The zero-order valence-electron chi connectivity index (χ0n) is 10.9. The number of nitriles is 1. The summed E-state index contributed by atoms with van der Waals surface area (Å²) in [4.78, 5) is 0. The monoisotopic (exact) mass is 244 g/mol. The molecule has 3 nitrogen and oxygen atoms in total. The second-order valence-corrected chi connectivity index (χ2v) is 5.45. The molecule has 1 aliphatic carbocycles. The van der Waals surface area contributed by atoms with E-state index in [9.17, 15) is 0 Å². The Morgan fingerprint density at radius 1 is 1.39 bits per heavy atom. The van der Waals surface area contributed by atoms with Crippen molar-refractivity contribution in [3.05, 3.63) is 29.8 Å². The molecule has 1 aliphatic rings. The summed E-state index contributed by atoms with van der Waals surface area (Å²) in [7, 11) is 0. The Morgan fingerprint density at radius 2 is 2.06 bits per heavy atom. The van der Waals surface area contributed by atoms with Crippen LogP contribution in [0.5, 0.6) is 5.75 Å². The van der Waals surface area contributed by atoms with E-state index in [1.165, 1.54) is 5.56 Å². The summed E-state index contributed by atoms with van der Waals surface area (Å²) in [6, 6.07) is 10.5. The van der Waals surface area contributed by atoms with Gasteiger partial charge in [-0.25, -0.2) is 0 Å². The summed E-state index contributed by atoms with van der Waals surface area (Å²) in [5.41, 5.74) is 7.13. The highest BCUT2D eigenvalue weighted by atomic mass is 16.5. The van der Waals surface area contributed by atoms with Gasteiger partial charge in [0, 0.05) is 17.9 Å². The quantitative estimate of drug-likeness (QED) is 0.837. The third-order valence-electron chi connectivity index (χ3n) is 3.44. The van der Waals surface area contributed by atoms with E-state index in [1.807, 2.05) is 19.1 Å². The smallest absolute Gasteiger partial charge is 0.119 e. The molecular weight excluding hydrogens is 224 g/mol. The summed E-state index contributed by atoms with van der Waals surface area (Å²) >= 11 is 0. The van der Waals surface area contributed by atoms with Crippen LogP contribution in [0.25, 0.3) is 0 Å². The molecule has 1 aromatic carbocycles. The Kier molecular flexibility index (Phi) is 3.88. The van der Waals surface area contributed by atoms with Gasteiger partial charge in [0.15, 0.2) is 0 Å². The van der Waals surface area contributed by atoms with Gasteiger partial charge in [0.1, 0.15) is 5.75 Å². The topological polar surface area (TPSA) is 59.0 Å². The molecule has 18 heavy (non-hydrogen) atoms. The molecule has 0 amide bonds. The molecule has 1 aromatic rings. The summed E-state index contributed by atoms with van der Waals surface area (Å²) in [6.45, 7) is 2.66. The lowest BCUT2D eigenvalue weighted by atomic mass is 10.1. The molecule has 1 atom stereocenters. The van der Waals surface area contributed by atoms with Crippen molar-refractivity contribution < 1.29 is 4.74 Å². The molecule has 0 aliphatic heterocycles. The molecule has 2 rings (SSSR count). The first kappa shape index (κ1) is 12.9. The van der Waals surface area contributed by atoms with Crippen molar-refractivity contribution in [3.8, 4) is 11.8 Å². The van der Waals surface area contributed by atoms with Crippen LogP contribution in [0.3, 0.4) is 0 Å². The predicted molar refractivity (Wildman–Crippen MR) is 71.2 cm³/mol. The third-order valence-corrected chi connectivity index (χ3v) is 3.44. The fraction of sp³-hybridized carbons (Fsp3) is 0.533. The van der Waals surface area contributed by atoms with E-state index in [2.05, 4.69) is 18.2 Å². The second kappa shape index (κ2) is 5.41. The number of benzene rings is 1. The molecule has 1 saturated carbocycles. The van der Waals surface area contributed by atoms with Gasteiger partial charge in [0.2, 0.25) is 0 Å². The molecular formula is C15H20N2O. The van der Waals surface area contributed by atoms with Crippen molar-refractivity contribution in [2.45, 2.75) is 38.6 Å². The van der Waals surface area contributed by atoms with Gasteiger partial charge in [0.25, 0.3) is 0 Å². The number of hydrogen-bond donors (Lipinski definition) is 1. The van der Waals surface area contributed by atoms with Crippen molar-refractivity contribution in [1.82, 2.24) is 0 Å². The van der Waals surface area contributed by atoms with Crippen LogP contribution in [0, 0.1) is 16.7 Å². The van der Waals surface area contributed by atoms with Crippen LogP contribution in [0.1, 0.15) is 31.7 Å². The number of rotatable bonds is 6. The Labute approximate surface area is 109 Å². The summed E-state index contributed by atoms with van der Waals surface area (Å²) in [5.74, 6) is 0.882. The Hall–Kier alpha value is -1.53. The first-order valence-corrected chi connectivity index (χ1v) is 6.48. The largest absolute Gasteiger partial charge is 0.493 e. The lowest BCUT2D eigenvalue weighted by Gasteiger charge is -2.13. The van der Waals surface area contributed by atoms with Crippen molar-refractivity contribution in [2.75, 3.05) is 6.61 Å². The van der Waals surface area contributed by atoms with Gasteiger partial charge in [-0.15, -0.1) is 0 Å². The average molecular weight is 244 g/mol. The maximum atomic E-state index is 8.74. The van der Waals surface area contributed by atoms with Gasteiger partial charge in [-0.2, -0.15) is 5.26 Å². The van der Waals surface area contributed by atoms with Gasteiger partial charge < -0.3 is 10.5 Å². The predicted octanol–water partition coefficient (Wildman–Crippen LogP) is 2.65. The minimum atomic E-state index is 0.138. The molecule has 0 heterocycles. The molecule has 0 aromatic heterocycles. The maximum absolute atomic E-state index is 8.74. The molecule has 0 saturated heterocycles. The molecule has 1 unspecified atom stereocenters. The van der Waals surface area contributed by atoms with Crippen LogP contribution in [0.4, 0.5) is 0 Å². The zero-order valence-corrected chi connectivity index (χ0v) is 10.9. The molecule has 0 radical (unpaired) electrons. The average Bonchev–Trinajstić information content (AvgIpc) is 3.09. The van der Waals surface area contributed by atoms with Crippen molar-refractivity contribution in [3.63, 3.8) is 0 Å². The van der Waals surface area contributed by atoms with E-state index < -0.39 is 0 Å². The minimum Gasteiger partial charge on any atom is -0.493 e. The highest BCUT2D eigenvalue weighted by molar-refractivity contribution is 5.28. The van der Waals surface area contributed by atoms with Crippen LogP contribution < -0.4 is 10.5 Å². The Balaban J connectivity index is 1.85. The Bertz CT molecular complexity index is 427. The first-order valence-electron chi connectivity index (χ1n) is 6.48. The zero-order chi connectivity index (χ0) is 13.0. The number of nitrogens with two attached hydrogens (primary N) is 1. The van der Waals surface area contributed by atoms with E-state index in [1.54, 1.807) is 0 Å². The molecule has 3 heteroatoms. The number of nitrogens with zero attached hydrogens (tertiary/aromatic N) is 1. The molecule has 96 valence electrons. The summed E-state index contributed by atoms with van der Waals surface area (Å²) < 4.78 is 5.76. The standard InChI is InChI=1S/C15H20N2O/c1-12(17)10-13-2-4-14(5-3-13)18-11-15(6-7-15)8-9-16/h2-5,12H,6-8,10-11,17H2,1H3. The Morgan fingerprint density at radius 3 is 2.56 bits per heavy atom. The normalized spacial score (nSPS) is 17.8. The van der Waals surface area contributed by atoms with E-state index >= 15 is 0 Å². The lowest BCUT2D eigenvalue weighted by molar-refractivity contribution is 0.237. The van der Waals surface area contributed by atoms with Crippen molar-refractivity contribution in [1.29, 1.82) is 5.26 Å². The maximum Gasteiger partial charge on any atom is 0.119 e.